The summed E-state index contributed by atoms with van der Waals surface area (Å²) in [6, 6.07) is 4.93. The standard InChI is InChI=1S/C17H26N2OS/c1-2-13(16-8-5-11-21-16)19-17(20)15-10-9-12-6-3-4-7-14(12)18-15/h5,8,11-15,18H,2-4,6-7,9-10H2,1H3,(H,19,20). The molecule has 116 valence electrons. The van der Waals surface area contributed by atoms with Crippen molar-refractivity contribution in [3.05, 3.63) is 22.4 Å². The highest BCUT2D eigenvalue weighted by molar-refractivity contribution is 7.10. The van der Waals surface area contributed by atoms with Gasteiger partial charge in [0.05, 0.1) is 12.1 Å². The third kappa shape index (κ3) is 3.49. The van der Waals surface area contributed by atoms with Crippen LogP contribution in [0.5, 0.6) is 0 Å². The fourth-order valence-corrected chi connectivity index (χ4v) is 4.70. The molecule has 0 bridgehead atoms. The highest BCUT2D eigenvalue weighted by Gasteiger charge is 2.34. The molecule has 2 fully saturated rings. The number of nitrogens with one attached hydrogen (secondary N) is 2. The molecule has 3 rings (SSSR count). The number of fused-ring (bicyclic) bond motifs is 1. The molecule has 1 amide bonds. The summed E-state index contributed by atoms with van der Waals surface area (Å²) in [5, 5.41) is 8.94. The Morgan fingerprint density at radius 3 is 3.00 bits per heavy atom. The van der Waals surface area contributed by atoms with Crippen molar-refractivity contribution < 1.29 is 4.79 Å². The Labute approximate surface area is 131 Å². The zero-order valence-corrected chi connectivity index (χ0v) is 13.6. The zero-order valence-electron chi connectivity index (χ0n) is 12.8. The second-order valence-electron chi connectivity index (χ2n) is 6.43. The third-order valence-corrected chi connectivity index (χ3v) is 6.06. The summed E-state index contributed by atoms with van der Waals surface area (Å²) in [7, 11) is 0. The molecule has 0 aromatic carbocycles. The number of hydrogen-bond acceptors (Lipinski definition) is 3. The van der Waals surface area contributed by atoms with Crippen molar-refractivity contribution in [2.45, 2.75) is 70.0 Å². The van der Waals surface area contributed by atoms with Gasteiger partial charge in [0.2, 0.25) is 5.91 Å². The summed E-state index contributed by atoms with van der Waals surface area (Å²) in [6.45, 7) is 2.14. The van der Waals surface area contributed by atoms with E-state index < -0.39 is 0 Å². The molecule has 21 heavy (non-hydrogen) atoms. The first kappa shape index (κ1) is 15.0. The minimum Gasteiger partial charge on any atom is -0.347 e. The van der Waals surface area contributed by atoms with E-state index in [-0.39, 0.29) is 18.0 Å². The van der Waals surface area contributed by atoms with E-state index in [1.165, 1.54) is 37.0 Å². The van der Waals surface area contributed by atoms with Crippen LogP contribution in [0, 0.1) is 5.92 Å². The molecule has 1 aliphatic carbocycles. The van der Waals surface area contributed by atoms with Gasteiger partial charge in [0.1, 0.15) is 0 Å². The van der Waals surface area contributed by atoms with Crippen LogP contribution in [0.3, 0.4) is 0 Å². The molecule has 3 nitrogen and oxygen atoms in total. The van der Waals surface area contributed by atoms with Gasteiger partial charge < -0.3 is 10.6 Å². The van der Waals surface area contributed by atoms with Crippen molar-refractivity contribution in [2.75, 3.05) is 0 Å². The molecule has 1 aromatic rings. The van der Waals surface area contributed by atoms with Crippen molar-refractivity contribution >= 4 is 17.2 Å². The lowest BCUT2D eigenvalue weighted by atomic mass is 9.77. The number of carbonyl (C=O) groups excluding carboxylic acids is 1. The lowest BCUT2D eigenvalue weighted by Crippen LogP contribution is -2.55. The minimum atomic E-state index is 0.0124. The number of carbonyl (C=O) groups is 1. The Hall–Kier alpha value is -0.870. The van der Waals surface area contributed by atoms with Crippen LogP contribution < -0.4 is 10.6 Å². The van der Waals surface area contributed by atoms with Gasteiger partial charge in [-0.05, 0) is 49.5 Å². The maximum absolute atomic E-state index is 12.6. The smallest absolute Gasteiger partial charge is 0.237 e. The van der Waals surface area contributed by atoms with Gasteiger partial charge in [0.25, 0.3) is 0 Å². The van der Waals surface area contributed by atoms with Gasteiger partial charge in [-0.2, -0.15) is 0 Å². The molecule has 2 N–H and O–H groups in total. The molecule has 4 unspecified atom stereocenters. The summed E-state index contributed by atoms with van der Waals surface area (Å²) in [6.07, 6.45) is 8.44. The molecule has 4 heteroatoms. The fraction of sp³-hybridized carbons (Fsp3) is 0.706. The van der Waals surface area contributed by atoms with Crippen LogP contribution in [0.1, 0.15) is 62.8 Å². The normalized spacial score (nSPS) is 30.4. The van der Waals surface area contributed by atoms with Gasteiger partial charge in [0.15, 0.2) is 0 Å². The Morgan fingerprint density at radius 2 is 2.24 bits per heavy atom. The third-order valence-electron chi connectivity index (χ3n) is 5.08. The van der Waals surface area contributed by atoms with E-state index in [1.54, 1.807) is 11.3 Å². The fourth-order valence-electron chi connectivity index (χ4n) is 3.84. The van der Waals surface area contributed by atoms with E-state index in [2.05, 4.69) is 35.1 Å². The Balaban J connectivity index is 1.57. The molecule has 2 aliphatic rings. The summed E-state index contributed by atoms with van der Waals surface area (Å²) < 4.78 is 0. The van der Waals surface area contributed by atoms with Gasteiger partial charge in [-0.1, -0.05) is 25.8 Å². The van der Waals surface area contributed by atoms with E-state index in [9.17, 15) is 4.79 Å². The number of piperidine rings is 1. The molecule has 0 spiro atoms. The predicted octanol–water partition coefficient (Wildman–Crippen LogP) is 3.63. The largest absolute Gasteiger partial charge is 0.347 e. The van der Waals surface area contributed by atoms with Gasteiger partial charge in [-0.15, -0.1) is 11.3 Å². The molecular formula is C17H26N2OS. The quantitative estimate of drug-likeness (QED) is 0.892. The van der Waals surface area contributed by atoms with Crippen molar-refractivity contribution in [1.82, 2.24) is 10.6 Å². The van der Waals surface area contributed by atoms with E-state index in [4.69, 9.17) is 0 Å². The second kappa shape index (κ2) is 6.93. The first-order valence-electron chi connectivity index (χ1n) is 8.37. The van der Waals surface area contributed by atoms with E-state index >= 15 is 0 Å². The summed E-state index contributed by atoms with van der Waals surface area (Å²) in [5.41, 5.74) is 0. The van der Waals surface area contributed by atoms with Crippen LogP contribution >= 0.6 is 11.3 Å². The van der Waals surface area contributed by atoms with Crippen LogP contribution in [-0.4, -0.2) is 18.0 Å². The van der Waals surface area contributed by atoms with Crippen molar-refractivity contribution in [3.8, 4) is 0 Å². The highest BCUT2D eigenvalue weighted by atomic mass is 32.1. The Bertz CT molecular complexity index is 459. The Kier molecular flexibility index (Phi) is 4.96. The molecule has 2 heterocycles. The highest BCUT2D eigenvalue weighted by Crippen LogP contribution is 2.32. The lowest BCUT2D eigenvalue weighted by molar-refractivity contribution is -0.125. The average Bonchev–Trinajstić information content (AvgIpc) is 3.06. The molecule has 0 radical (unpaired) electrons. The Morgan fingerprint density at radius 1 is 1.38 bits per heavy atom. The molecule has 4 atom stereocenters. The zero-order chi connectivity index (χ0) is 14.7. The maximum atomic E-state index is 12.6. The maximum Gasteiger partial charge on any atom is 0.237 e. The van der Waals surface area contributed by atoms with Crippen LogP contribution in [0.4, 0.5) is 0 Å². The minimum absolute atomic E-state index is 0.0124. The number of amides is 1. The summed E-state index contributed by atoms with van der Waals surface area (Å²) >= 11 is 1.73. The van der Waals surface area contributed by atoms with Gasteiger partial charge in [-0.3, -0.25) is 4.79 Å². The topological polar surface area (TPSA) is 41.1 Å². The summed E-state index contributed by atoms with van der Waals surface area (Å²) in [4.78, 5) is 13.8. The molecule has 1 aliphatic heterocycles. The number of thiophene rings is 1. The van der Waals surface area contributed by atoms with Crippen LogP contribution in [0.15, 0.2) is 17.5 Å². The van der Waals surface area contributed by atoms with Gasteiger partial charge in [-0.25, -0.2) is 0 Å². The van der Waals surface area contributed by atoms with E-state index in [0.29, 0.717) is 6.04 Å². The van der Waals surface area contributed by atoms with Gasteiger partial charge in [0, 0.05) is 10.9 Å². The first-order chi connectivity index (χ1) is 10.3. The van der Waals surface area contributed by atoms with Crippen molar-refractivity contribution in [3.63, 3.8) is 0 Å². The second-order valence-corrected chi connectivity index (χ2v) is 7.41. The lowest BCUT2D eigenvalue weighted by Gasteiger charge is -2.40. The van der Waals surface area contributed by atoms with Crippen LogP contribution in [-0.2, 0) is 4.79 Å². The number of rotatable bonds is 4. The SMILES string of the molecule is CCC(NC(=O)C1CCC2CCCCC2N1)c1cccs1. The number of hydrogen-bond donors (Lipinski definition) is 2. The van der Waals surface area contributed by atoms with Crippen LogP contribution in [0.25, 0.3) is 0 Å². The van der Waals surface area contributed by atoms with Crippen LogP contribution in [0.2, 0.25) is 0 Å². The predicted molar refractivity (Wildman–Crippen MR) is 87.4 cm³/mol. The molecule has 1 aromatic heterocycles. The molecule has 1 saturated carbocycles. The van der Waals surface area contributed by atoms with E-state index in [1.807, 2.05) is 0 Å². The average molecular weight is 306 g/mol. The first-order valence-corrected chi connectivity index (χ1v) is 9.25. The monoisotopic (exact) mass is 306 g/mol. The van der Waals surface area contributed by atoms with Crippen molar-refractivity contribution in [1.29, 1.82) is 0 Å². The summed E-state index contributed by atoms with van der Waals surface area (Å²) in [5.74, 6) is 1.00. The van der Waals surface area contributed by atoms with Gasteiger partial charge >= 0.3 is 0 Å². The molecular weight excluding hydrogens is 280 g/mol. The molecule has 1 saturated heterocycles. The van der Waals surface area contributed by atoms with Crippen molar-refractivity contribution in [2.24, 2.45) is 5.92 Å². The van der Waals surface area contributed by atoms with E-state index in [0.717, 1.165) is 18.8 Å².